The number of aldehydes is 1. The van der Waals surface area contributed by atoms with Crippen LogP contribution in [0.15, 0.2) is 0 Å². The molecule has 1 heterocycles. The summed E-state index contributed by atoms with van der Waals surface area (Å²) in [7, 11) is 0. The standard InChI is InChI=1S/C13H23NO7/c1-8(17)14-10-12(19)11(18)9(7-16)21-13(10)20-6-4-2-3-5-15/h5,9-13,16,18-19H,2-4,6-7H2,1H3,(H,14,17)/t9?,10?,11-,12-,13-/m1/s1. The molecule has 0 aromatic heterocycles. The minimum atomic E-state index is -1.32. The van der Waals surface area contributed by atoms with Crippen LogP contribution in [-0.2, 0) is 19.1 Å². The summed E-state index contributed by atoms with van der Waals surface area (Å²) >= 11 is 0. The molecule has 8 nitrogen and oxygen atoms in total. The minimum absolute atomic E-state index is 0.273. The highest BCUT2D eigenvalue weighted by Crippen LogP contribution is 2.22. The lowest BCUT2D eigenvalue weighted by molar-refractivity contribution is -0.270. The SMILES string of the molecule is CC(=O)NC1[C@H](OCCCCC=O)OC(CO)[C@@H](O)[C@@H]1O. The third-order valence-corrected chi connectivity index (χ3v) is 3.25. The zero-order chi connectivity index (χ0) is 15.8. The van der Waals surface area contributed by atoms with Crippen molar-refractivity contribution in [3.05, 3.63) is 0 Å². The van der Waals surface area contributed by atoms with E-state index in [1.807, 2.05) is 0 Å². The normalized spacial score (nSPS) is 32.7. The third-order valence-electron chi connectivity index (χ3n) is 3.25. The topological polar surface area (TPSA) is 125 Å². The van der Waals surface area contributed by atoms with Gasteiger partial charge in [-0.1, -0.05) is 0 Å². The van der Waals surface area contributed by atoms with Crippen LogP contribution < -0.4 is 5.32 Å². The van der Waals surface area contributed by atoms with Crippen molar-refractivity contribution in [3.8, 4) is 0 Å². The van der Waals surface area contributed by atoms with Gasteiger partial charge in [0.15, 0.2) is 6.29 Å². The van der Waals surface area contributed by atoms with Crippen molar-refractivity contribution in [1.82, 2.24) is 5.32 Å². The van der Waals surface area contributed by atoms with Gasteiger partial charge in [-0.05, 0) is 12.8 Å². The molecule has 122 valence electrons. The molecular weight excluding hydrogens is 282 g/mol. The van der Waals surface area contributed by atoms with Crippen LogP contribution in [0.25, 0.3) is 0 Å². The van der Waals surface area contributed by atoms with E-state index >= 15 is 0 Å². The maximum Gasteiger partial charge on any atom is 0.217 e. The van der Waals surface area contributed by atoms with Gasteiger partial charge < -0.3 is 34.9 Å². The van der Waals surface area contributed by atoms with E-state index in [4.69, 9.17) is 14.6 Å². The Balaban J connectivity index is 2.60. The second-order valence-electron chi connectivity index (χ2n) is 4.97. The van der Waals surface area contributed by atoms with Crippen LogP contribution in [0.4, 0.5) is 0 Å². The Bertz CT molecular complexity index is 338. The molecule has 1 saturated heterocycles. The summed E-state index contributed by atoms with van der Waals surface area (Å²) < 4.78 is 10.8. The van der Waals surface area contributed by atoms with Crippen LogP contribution in [0.3, 0.4) is 0 Å². The van der Waals surface area contributed by atoms with E-state index < -0.39 is 43.2 Å². The minimum Gasteiger partial charge on any atom is -0.394 e. The number of amides is 1. The van der Waals surface area contributed by atoms with Gasteiger partial charge in [0, 0.05) is 20.0 Å². The lowest BCUT2D eigenvalue weighted by Gasteiger charge is -2.42. The van der Waals surface area contributed by atoms with E-state index in [0.717, 1.165) is 6.29 Å². The number of nitrogens with one attached hydrogen (secondary N) is 1. The molecule has 8 heteroatoms. The van der Waals surface area contributed by atoms with Crippen LogP contribution in [0.2, 0.25) is 0 Å². The average molecular weight is 305 g/mol. The molecular formula is C13H23NO7. The summed E-state index contributed by atoms with van der Waals surface area (Å²) in [5.41, 5.74) is 0. The van der Waals surface area contributed by atoms with Crippen LogP contribution >= 0.6 is 0 Å². The van der Waals surface area contributed by atoms with E-state index in [1.165, 1.54) is 6.92 Å². The van der Waals surface area contributed by atoms with Gasteiger partial charge in [-0.25, -0.2) is 0 Å². The zero-order valence-electron chi connectivity index (χ0n) is 12.0. The Hall–Kier alpha value is -1.06. The van der Waals surface area contributed by atoms with Crippen molar-refractivity contribution >= 4 is 12.2 Å². The number of carbonyl (C=O) groups excluding carboxylic acids is 2. The molecule has 1 aliphatic rings. The molecule has 0 spiro atoms. The van der Waals surface area contributed by atoms with Crippen molar-refractivity contribution in [1.29, 1.82) is 0 Å². The van der Waals surface area contributed by atoms with Crippen LogP contribution in [0, 0.1) is 0 Å². The van der Waals surface area contributed by atoms with Crippen molar-refractivity contribution < 1.29 is 34.4 Å². The molecule has 4 N–H and O–H groups in total. The van der Waals surface area contributed by atoms with E-state index in [0.29, 0.717) is 19.3 Å². The summed E-state index contributed by atoms with van der Waals surface area (Å²) in [6.07, 6.45) is -2.04. The third kappa shape index (κ3) is 5.33. The van der Waals surface area contributed by atoms with Crippen LogP contribution in [0.5, 0.6) is 0 Å². The first kappa shape index (κ1) is 18.0. The molecule has 21 heavy (non-hydrogen) atoms. The quantitative estimate of drug-likeness (QED) is 0.311. The van der Waals surface area contributed by atoms with Crippen molar-refractivity contribution in [3.63, 3.8) is 0 Å². The van der Waals surface area contributed by atoms with Crippen LogP contribution in [0.1, 0.15) is 26.2 Å². The Labute approximate surface area is 123 Å². The van der Waals surface area contributed by atoms with Gasteiger partial charge in [0.05, 0.1) is 6.61 Å². The van der Waals surface area contributed by atoms with Gasteiger partial charge in [-0.2, -0.15) is 0 Å². The summed E-state index contributed by atoms with van der Waals surface area (Å²) in [5.74, 6) is -0.396. The fourth-order valence-electron chi connectivity index (χ4n) is 2.14. The number of hydrogen-bond donors (Lipinski definition) is 4. The first-order valence-corrected chi connectivity index (χ1v) is 6.96. The lowest BCUT2D eigenvalue weighted by atomic mass is 9.97. The largest absolute Gasteiger partial charge is 0.394 e. The maximum absolute atomic E-state index is 11.2. The van der Waals surface area contributed by atoms with E-state index in [-0.39, 0.29) is 6.61 Å². The van der Waals surface area contributed by atoms with Crippen LogP contribution in [-0.4, -0.2) is 71.4 Å². The molecule has 1 amide bonds. The first-order chi connectivity index (χ1) is 10.0. The molecule has 1 fully saturated rings. The monoisotopic (exact) mass is 305 g/mol. The fourth-order valence-corrected chi connectivity index (χ4v) is 2.14. The number of aliphatic hydroxyl groups is 3. The molecule has 1 aliphatic heterocycles. The highest BCUT2D eigenvalue weighted by molar-refractivity contribution is 5.73. The molecule has 5 atom stereocenters. The zero-order valence-corrected chi connectivity index (χ0v) is 12.0. The second-order valence-corrected chi connectivity index (χ2v) is 4.97. The fraction of sp³-hybridized carbons (Fsp3) is 0.846. The van der Waals surface area contributed by atoms with Gasteiger partial charge in [0.1, 0.15) is 30.6 Å². The predicted molar refractivity (Wildman–Crippen MR) is 71.2 cm³/mol. The molecule has 0 saturated carbocycles. The molecule has 0 bridgehead atoms. The summed E-state index contributed by atoms with van der Waals surface area (Å²) in [6, 6.07) is -0.925. The Morgan fingerprint density at radius 3 is 2.62 bits per heavy atom. The van der Waals surface area contributed by atoms with E-state index in [2.05, 4.69) is 5.32 Å². The molecule has 0 radical (unpaired) electrons. The number of aliphatic hydroxyl groups excluding tert-OH is 3. The predicted octanol–water partition coefficient (Wildman–Crippen LogP) is -1.68. The highest BCUT2D eigenvalue weighted by Gasteiger charge is 2.45. The second kappa shape index (κ2) is 9.06. The lowest BCUT2D eigenvalue weighted by Crippen LogP contribution is -2.64. The number of rotatable bonds is 8. The number of ether oxygens (including phenoxy) is 2. The van der Waals surface area contributed by atoms with Crippen molar-refractivity contribution in [2.75, 3.05) is 13.2 Å². The Morgan fingerprint density at radius 1 is 1.33 bits per heavy atom. The van der Waals surface area contributed by atoms with Gasteiger partial charge in [0.2, 0.25) is 5.91 Å². The molecule has 0 aromatic rings. The highest BCUT2D eigenvalue weighted by atomic mass is 16.7. The first-order valence-electron chi connectivity index (χ1n) is 6.96. The molecule has 0 aliphatic carbocycles. The smallest absolute Gasteiger partial charge is 0.217 e. The summed E-state index contributed by atoms with van der Waals surface area (Å²) in [6.45, 7) is 1.07. The Morgan fingerprint density at radius 2 is 2.05 bits per heavy atom. The van der Waals surface area contributed by atoms with Crippen molar-refractivity contribution in [2.24, 2.45) is 0 Å². The van der Waals surface area contributed by atoms with Gasteiger partial charge >= 0.3 is 0 Å². The number of unbranched alkanes of at least 4 members (excludes halogenated alkanes) is 2. The number of hydrogen-bond acceptors (Lipinski definition) is 7. The Kier molecular flexibility index (Phi) is 7.76. The van der Waals surface area contributed by atoms with Gasteiger partial charge in [-0.15, -0.1) is 0 Å². The van der Waals surface area contributed by atoms with Gasteiger partial charge in [0.25, 0.3) is 0 Å². The maximum atomic E-state index is 11.2. The summed E-state index contributed by atoms with van der Waals surface area (Å²) in [5, 5.41) is 31.4. The number of carbonyl (C=O) groups is 2. The van der Waals surface area contributed by atoms with E-state index in [1.54, 1.807) is 0 Å². The van der Waals surface area contributed by atoms with Crippen molar-refractivity contribution in [2.45, 2.75) is 56.8 Å². The van der Waals surface area contributed by atoms with E-state index in [9.17, 15) is 19.8 Å². The molecule has 0 aromatic carbocycles. The average Bonchev–Trinajstić information content (AvgIpc) is 2.45. The van der Waals surface area contributed by atoms with Gasteiger partial charge in [-0.3, -0.25) is 4.79 Å². The molecule has 1 rings (SSSR count). The summed E-state index contributed by atoms with van der Waals surface area (Å²) in [4.78, 5) is 21.4. The molecule has 2 unspecified atom stereocenters.